The van der Waals surface area contributed by atoms with Crippen molar-refractivity contribution >= 4 is 33.4 Å². The Morgan fingerprint density at radius 3 is 2.59 bits per heavy atom. The summed E-state index contributed by atoms with van der Waals surface area (Å²) in [7, 11) is 0. The van der Waals surface area contributed by atoms with E-state index in [-0.39, 0.29) is 12.5 Å². The Morgan fingerprint density at radius 1 is 1.15 bits per heavy atom. The van der Waals surface area contributed by atoms with Crippen LogP contribution in [-0.2, 0) is 10.2 Å². The number of nitrogens with one attached hydrogen (secondary N) is 1. The third-order valence-corrected chi connectivity index (χ3v) is 5.60. The molecule has 0 atom stereocenters. The molecule has 1 fully saturated rings. The monoisotopic (exact) mass is 445 g/mol. The predicted molar refractivity (Wildman–Crippen MR) is 112 cm³/mol. The zero-order valence-corrected chi connectivity index (χ0v) is 17.3. The summed E-state index contributed by atoms with van der Waals surface area (Å²) >= 11 is 9.40. The van der Waals surface area contributed by atoms with Crippen LogP contribution in [0.2, 0.25) is 5.02 Å². The Balaban J connectivity index is 1.54. The molecule has 5 heteroatoms. The van der Waals surface area contributed by atoms with Crippen LogP contribution in [0.3, 0.4) is 0 Å². The van der Waals surface area contributed by atoms with E-state index in [1.54, 1.807) is 0 Å². The fourth-order valence-corrected chi connectivity index (χ4v) is 3.98. The number of ether oxygens (including phenoxy) is 1. The minimum absolute atomic E-state index is 0.0459. The molecule has 1 aliphatic rings. The van der Waals surface area contributed by atoms with E-state index in [0.717, 1.165) is 41.5 Å². The van der Waals surface area contributed by atoms with E-state index in [2.05, 4.69) is 33.1 Å². The molecule has 1 N–H and O–H groups in total. The molecule has 1 aliphatic carbocycles. The minimum Gasteiger partial charge on any atom is -0.481 e. The van der Waals surface area contributed by atoms with Crippen LogP contribution in [0.15, 0.2) is 53.0 Å². The van der Waals surface area contributed by atoms with Gasteiger partial charge in [0.2, 0.25) is 5.91 Å². The molecule has 2 aromatic rings. The van der Waals surface area contributed by atoms with Crippen molar-refractivity contribution in [3.63, 3.8) is 0 Å². The van der Waals surface area contributed by atoms with E-state index in [4.69, 9.17) is 16.3 Å². The maximum absolute atomic E-state index is 12.9. The summed E-state index contributed by atoms with van der Waals surface area (Å²) in [5.74, 6) is 6.71. The summed E-state index contributed by atoms with van der Waals surface area (Å²) < 4.78 is 6.53. The topological polar surface area (TPSA) is 38.3 Å². The molecule has 0 heterocycles. The number of amides is 1. The summed E-state index contributed by atoms with van der Waals surface area (Å²) in [6, 6.07) is 15.2. The fourth-order valence-electron chi connectivity index (χ4n) is 3.48. The second-order valence-electron chi connectivity index (χ2n) is 6.58. The summed E-state index contributed by atoms with van der Waals surface area (Å²) in [5, 5.41) is 3.66. The lowest BCUT2D eigenvalue weighted by Crippen LogP contribution is -2.42. The van der Waals surface area contributed by atoms with Crippen molar-refractivity contribution in [2.75, 3.05) is 13.2 Å². The van der Waals surface area contributed by atoms with Gasteiger partial charge in [-0.3, -0.25) is 4.79 Å². The maximum atomic E-state index is 12.9. The summed E-state index contributed by atoms with van der Waals surface area (Å²) in [5.41, 5.74) is 0.576. The Morgan fingerprint density at radius 2 is 1.89 bits per heavy atom. The molecular weight excluding hydrogens is 426 g/mol. The standard InChI is InChI=1S/C22H21BrClNO2/c23-18-6-5-7-20(16-18)27-15-4-3-14-25-21(26)22(12-1-2-13-22)17-8-10-19(24)11-9-17/h5-11,16H,1-2,12-15H2,(H,25,26). The molecular formula is C22H21BrClNO2. The lowest BCUT2D eigenvalue weighted by Gasteiger charge is -2.28. The Labute approximate surface area is 173 Å². The number of carbonyl (C=O) groups is 1. The Bertz CT molecular complexity index is 849. The van der Waals surface area contributed by atoms with Crippen molar-refractivity contribution in [3.8, 4) is 17.6 Å². The first-order valence-electron chi connectivity index (χ1n) is 8.99. The second kappa shape index (κ2) is 9.30. The number of carbonyl (C=O) groups excluding carboxylic acids is 1. The van der Waals surface area contributed by atoms with Gasteiger partial charge in [0.1, 0.15) is 12.4 Å². The molecule has 2 aromatic carbocycles. The van der Waals surface area contributed by atoms with Gasteiger partial charge in [-0.25, -0.2) is 0 Å². The van der Waals surface area contributed by atoms with Crippen LogP contribution in [0.4, 0.5) is 0 Å². The van der Waals surface area contributed by atoms with Gasteiger partial charge in [-0.15, -0.1) is 0 Å². The van der Waals surface area contributed by atoms with Crippen LogP contribution in [-0.4, -0.2) is 19.1 Å². The Kier molecular flexibility index (Phi) is 6.82. The molecule has 1 amide bonds. The molecule has 3 nitrogen and oxygen atoms in total. The van der Waals surface area contributed by atoms with Crippen molar-refractivity contribution in [2.24, 2.45) is 0 Å². The molecule has 0 aliphatic heterocycles. The number of rotatable bonds is 5. The van der Waals surface area contributed by atoms with E-state index in [9.17, 15) is 4.79 Å². The van der Waals surface area contributed by atoms with Crippen LogP contribution >= 0.6 is 27.5 Å². The second-order valence-corrected chi connectivity index (χ2v) is 7.93. The first kappa shape index (κ1) is 19.8. The van der Waals surface area contributed by atoms with Gasteiger partial charge in [-0.05, 0) is 48.7 Å². The summed E-state index contributed by atoms with van der Waals surface area (Å²) in [6.45, 7) is 0.602. The maximum Gasteiger partial charge on any atom is 0.231 e. The van der Waals surface area contributed by atoms with E-state index < -0.39 is 5.41 Å². The van der Waals surface area contributed by atoms with Crippen molar-refractivity contribution in [1.82, 2.24) is 5.32 Å². The smallest absolute Gasteiger partial charge is 0.231 e. The van der Waals surface area contributed by atoms with Gasteiger partial charge >= 0.3 is 0 Å². The number of hydrogen-bond donors (Lipinski definition) is 1. The molecule has 0 aromatic heterocycles. The van der Waals surface area contributed by atoms with Crippen molar-refractivity contribution in [1.29, 1.82) is 0 Å². The first-order valence-corrected chi connectivity index (χ1v) is 10.2. The predicted octanol–water partition coefficient (Wildman–Crippen LogP) is 5.11. The largest absolute Gasteiger partial charge is 0.481 e. The van der Waals surface area contributed by atoms with Gasteiger partial charge in [0.05, 0.1) is 12.0 Å². The fraction of sp³-hybridized carbons (Fsp3) is 0.318. The van der Waals surface area contributed by atoms with E-state index in [1.807, 2.05) is 48.5 Å². The third-order valence-electron chi connectivity index (χ3n) is 4.86. The highest BCUT2D eigenvalue weighted by atomic mass is 79.9. The third kappa shape index (κ3) is 5.06. The van der Waals surface area contributed by atoms with Crippen LogP contribution in [0.1, 0.15) is 31.2 Å². The number of benzene rings is 2. The molecule has 27 heavy (non-hydrogen) atoms. The molecule has 0 radical (unpaired) electrons. The van der Waals surface area contributed by atoms with Gasteiger partial charge in [0.15, 0.2) is 0 Å². The lowest BCUT2D eigenvalue weighted by atomic mass is 9.78. The Hall–Kier alpha value is -1.96. The zero-order valence-electron chi connectivity index (χ0n) is 14.9. The summed E-state index contributed by atoms with van der Waals surface area (Å²) in [6.07, 6.45) is 3.84. The minimum atomic E-state index is -0.459. The molecule has 0 bridgehead atoms. The van der Waals surface area contributed by atoms with Gasteiger partial charge in [0.25, 0.3) is 0 Å². The van der Waals surface area contributed by atoms with Crippen molar-refractivity contribution in [3.05, 3.63) is 63.6 Å². The molecule has 1 saturated carbocycles. The zero-order chi connectivity index (χ0) is 19.1. The molecule has 3 rings (SSSR count). The van der Waals surface area contributed by atoms with E-state index in [0.29, 0.717) is 11.6 Å². The molecule has 140 valence electrons. The summed E-state index contributed by atoms with van der Waals surface area (Å²) in [4.78, 5) is 12.9. The van der Waals surface area contributed by atoms with Gasteiger partial charge in [0, 0.05) is 9.50 Å². The quantitative estimate of drug-likeness (QED) is 0.648. The highest BCUT2D eigenvalue weighted by molar-refractivity contribution is 9.10. The number of hydrogen-bond acceptors (Lipinski definition) is 2. The van der Waals surface area contributed by atoms with E-state index >= 15 is 0 Å². The van der Waals surface area contributed by atoms with Crippen LogP contribution in [0.25, 0.3) is 0 Å². The highest BCUT2D eigenvalue weighted by Gasteiger charge is 2.42. The van der Waals surface area contributed by atoms with Crippen molar-refractivity contribution < 1.29 is 9.53 Å². The van der Waals surface area contributed by atoms with Gasteiger partial charge < -0.3 is 10.1 Å². The highest BCUT2D eigenvalue weighted by Crippen LogP contribution is 2.41. The average molecular weight is 447 g/mol. The van der Waals surface area contributed by atoms with Crippen LogP contribution in [0, 0.1) is 11.8 Å². The van der Waals surface area contributed by atoms with E-state index in [1.165, 1.54) is 0 Å². The lowest BCUT2D eigenvalue weighted by molar-refractivity contribution is -0.126. The average Bonchev–Trinajstić information content (AvgIpc) is 3.16. The first-order chi connectivity index (χ1) is 13.1. The van der Waals surface area contributed by atoms with Crippen molar-refractivity contribution in [2.45, 2.75) is 31.1 Å². The molecule has 0 saturated heterocycles. The molecule has 0 spiro atoms. The SMILES string of the molecule is O=C(NCC#CCOc1cccc(Br)c1)C1(c2ccc(Cl)cc2)CCCC1. The van der Waals surface area contributed by atoms with Crippen LogP contribution < -0.4 is 10.1 Å². The van der Waals surface area contributed by atoms with Gasteiger partial charge in [-0.2, -0.15) is 0 Å². The van der Waals surface area contributed by atoms with Crippen LogP contribution in [0.5, 0.6) is 5.75 Å². The molecule has 0 unspecified atom stereocenters. The normalized spacial score (nSPS) is 14.9. The number of halogens is 2. The van der Waals surface area contributed by atoms with Gasteiger partial charge in [-0.1, -0.05) is 70.4 Å².